The molecule has 148 valence electrons. The number of piperazine rings is 1. The zero-order valence-electron chi connectivity index (χ0n) is 15.6. The van der Waals surface area contributed by atoms with E-state index in [4.69, 9.17) is 11.6 Å². The van der Waals surface area contributed by atoms with Gasteiger partial charge in [0.05, 0.1) is 12.2 Å². The molecular formula is C19H22ClN5O3. The average Bonchev–Trinajstić information content (AvgIpc) is 2.69. The summed E-state index contributed by atoms with van der Waals surface area (Å²) in [5.41, 5.74) is 1.31. The fraction of sp³-hybridized carbons (Fsp3) is 0.368. The molecule has 0 atom stereocenters. The molecule has 28 heavy (non-hydrogen) atoms. The summed E-state index contributed by atoms with van der Waals surface area (Å²) < 4.78 is 1.08. The van der Waals surface area contributed by atoms with Crippen molar-refractivity contribution in [3.05, 3.63) is 57.5 Å². The predicted octanol–water partition coefficient (Wildman–Crippen LogP) is 0.670. The van der Waals surface area contributed by atoms with Crippen molar-refractivity contribution in [3.63, 3.8) is 0 Å². The van der Waals surface area contributed by atoms with E-state index in [2.05, 4.69) is 15.3 Å². The van der Waals surface area contributed by atoms with Gasteiger partial charge in [-0.3, -0.25) is 14.4 Å². The molecule has 9 heteroatoms. The van der Waals surface area contributed by atoms with Crippen LogP contribution < -0.4 is 15.8 Å². The van der Waals surface area contributed by atoms with Gasteiger partial charge >= 0.3 is 0 Å². The van der Waals surface area contributed by atoms with Crippen LogP contribution in [-0.4, -0.2) is 59.2 Å². The number of carbonyl (C=O) groups is 2. The van der Waals surface area contributed by atoms with Gasteiger partial charge in [0.15, 0.2) is 0 Å². The third-order valence-corrected chi connectivity index (χ3v) is 4.77. The quantitative estimate of drug-likeness (QED) is 0.792. The molecule has 1 aromatic carbocycles. The highest BCUT2D eigenvalue weighted by Gasteiger charge is 2.21. The van der Waals surface area contributed by atoms with E-state index < -0.39 is 5.91 Å². The lowest BCUT2D eigenvalue weighted by Gasteiger charge is -2.36. The number of amides is 2. The predicted molar refractivity (Wildman–Crippen MR) is 106 cm³/mol. The molecule has 8 nitrogen and oxygen atoms in total. The van der Waals surface area contributed by atoms with Crippen LogP contribution in [0.2, 0.25) is 5.02 Å². The summed E-state index contributed by atoms with van der Waals surface area (Å²) in [6.07, 6.45) is 0. The summed E-state index contributed by atoms with van der Waals surface area (Å²) in [4.78, 5) is 40.0. The van der Waals surface area contributed by atoms with Crippen molar-refractivity contribution in [2.75, 3.05) is 37.6 Å². The van der Waals surface area contributed by atoms with Crippen molar-refractivity contribution in [2.45, 2.75) is 13.5 Å². The number of halogens is 1. The number of carbonyl (C=O) groups excluding carboxylic acids is 2. The zero-order valence-corrected chi connectivity index (χ0v) is 16.4. The van der Waals surface area contributed by atoms with Gasteiger partial charge in [-0.1, -0.05) is 17.7 Å². The standard InChI is InChI=1S/C19H22ClN5O3/c1-14-5-6-18(27)25(22-14)13-17(26)21-12-19(28)24-9-7-23(8-10-24)16-4-2-3-15(20)11-16/h2-6,11H,7-10,12-13H2,1H3,(H,21,26). The lowest BCUT2D eigenvalue weighted by molar-refractivity contribution is -0.133. The van der Waals surface area contributed by atoms with Crippen molar-refractivity contribution in [1.29, 1.82) is 0 Å². The molecule has 1 fully saturated rings. The number of aryl methyl sites for hydroxylation is 1. The summed E-state index contributed by atoms with van der Waals surface area (Å²) in [7, 11) is 0. The smallest absolute Gasteiger partial charge is 0.267 e. The second-order valence-corrected chi connectivity index (χ2v) is 7.03. The first kappa shape index (κ1) is 19.9. The minimum atomic E-state index is -0.425. The SMILES string of the molecule is Cc1ccc(=O)n(CC(=O)NCC(=O)N2CCN(c3cccc(Cl)c3)CC2)n1. The Labute approximate surface area is 167 Å². The summed E-state index contributed by atoms with van der Waals surface area (Å²) in [5.74, 6) is -0.574. The van der Waals surface area contributed by atoms with Crippen LogP contribution in [0.25, 0.3) is 0 Å². The van der Waals surface area contributed by atoms with E-state index in [-0.39, 0.29) is 24.6 Å². The van der Waals surface area contributed by atoms with Gasteiger partial charge in [-0.05, 0) is 31.2 Å². The largest absolute Gasteiger partial charge is 0.368 e. The molecule has 0 aliphatic carbocycles. The first-order valence-corrected chi connectivity index (χ1v) is 9.40. The molecule has 0 bridgehead atoms. The fourth-order valence-corrected chi connectivity index (χ4v) is 3.21. The summed E-state index contributed by atoms with van der Waals surface area (Å²) in [6, 6.07) is 10.6. The minimum Gasteiger partial charge on any atom is -0.368 e. The summed E-state index contributed by atoms with van der Waals surface area (Å²) in [6.45, 7) is 3.96. The molecule has 2 aromatic rings. The second kappa shape index (κ2) is 8.88. The van der Waals surface area contributed by atoms with Crippen LogP contribution in [0.3, 0.4) is 0 Å². The fourth-order valence-electron chi connectivity index (χ4n) is 3.03. The Morgan fingerprint density at radius 1 is 1.14 bits per heavy atom. The minimum absolute atomic E-state index is 0.101. The van der Waals surface area contributed by atoms with Crippen LogP contribution in [0.5, 0.6) is 0 Å². The molecule has 0 spiro atoms. The van der Waals surface area contributed by atoms with Crippen LogP contribution >= 0.6 is 11.6 Å². The lowest BCUT2D eigenvalue weighted by Crippen LogP contribution is -2.51. The molecule has 2 amide bonds. The molecule has 1 N–H and O–H groups in total. The molecule has 1 aliphatic rings. The van der Waals surface area contributed by atoms with E-state index in [1.807, 2.05) is 24.3 Å². The van der Waals surface area contributed by atoms with Gasteiger partial charge in [-0.15, -0.1) is 0 Å². The first-order valence-electron chi connectivity index (χ1n) is 9.02. The molecule has 0 unspecified atom stereocenters. The van der Waals surface area contributed by atoms with Gasteiger partial charge in [-0.2, -0.15) is 5.10 Å². The summed E-state index contributed by atoms with van der Waals surface area (Å²) in [5, 5.41) is 7.25. The maximum absolute atomic E-state index is 12.4. The topological polar surface area (TPSA) is 87.5 Å². The van der Waals surface area contributed by atoms with Gasteiger partial charge in [0.25, 0.3) is 5.56 Å². The molecule has 1 aliphatic heterocycles. The number of nitrogens with one attached hydrogen (secondary N) is 1. The number of hydrogen-bond acceptors (Lipinski definition) is 5. The van der Waals surface area contributed by atoms with Gasteiger partial charge < -0.3 is 15.1 Å². The third-order valence-electron chi connectivity index (χ3n) is 4.54. The highest BCUT2D eigenvalue weighted by Crippen LogP contribution is 2.20. The maximum Gasteiger partial charge on any atom is 0.267 e. The van der Waals surface area contributed by atoms with E-state index in [1.165, 1.54) is 6.07 Å². The molecular weight excluding hydrogens is 382 g/mol. The van der Waals surface area contributed by atoms with Gasteiger partial charge in [0, 0.05) is 43.0 Å². The number of hydrogen-bond donors (Lipinski definition) is 1. The van der Waals surface area contributed by atoms with Crippen LogP contribution in [-0.2, 0) is 16.1 Å². The lowest BCUT2D eigenvalue weighted by atomic mass is 10.2. The maximum atomic E-state index is 12.4. The Morgan fingerprint density at radius 3 is 2.61 bits per heavy atom. The van der Waals surface area contributed by atoms with E-state index in [0.29, 0.717) is 36.9 Å². The zero-order chi connectivity index (χ0) is 20.1. The molecule has 0 saturated carbocycles. The number of anilines is 1. The normalized spacial score (nSPS) is 14.1. The van der Waals surface area contributed by atoms with Crippen molar-refractivity contribution in [3.8, 4) is 0 Å². The Hall–Kier alpha value is -2.87. The van der Waals surface area contributed by atoms with Crippen LogP contribution in [0, 0.1) is 6.92 Å². The monoisotopic (exact) mass is 403 g/mol. The van der Waals surface area contributed by atoms with E-state index in [1.54, 1.807) is 17.9 Å². The molecule has 0 radical (unpaired) electrons. The van der Waals surface area contributed by atoms with Gasteiger partial charge in [0.1, 0.15) is 6.54 Å². The first-order chi connectivity index (χ1) is 13.4. The van der Waals surface area contributed by atoms with Gasteiger partial charge in [-0.25, -0.2) is 4.68 Å². The molecule has 2 heterocycles. The Morgan fingerprint density at radius 2 is 1.89 bits per heavy atom. The van der Waals surface area contributed by atoms with Crippen LogP contribution in [0.1, 0.15) is 5.69 Å². The van der Waals surface area contributed by atoms with Crippen molar-refractivity contribution < 1.29 is 9.59 Å². The average molecular weight is 404 g/mol. The molecule has 1 aromatic heterocycles. The molecule has 3 rings (SSSR count). The van der Waals surface area contributed by atoms with Crippen molar-refractivity contribution in [2.24, 2.45) is 0 Å². The third kappa shape index (κ3) is 5.10. The van der Waals surface area contributed by atoms with Crippen molar-refractivity contribution in [1.82, 2.24) is 20.0 Å². The van der Waals surface area contributed by atoms with Crippen LogP contribution in [0.4, 0.5) is 5.69 Å². The highest BCUT2D eigenvalue weighted by molar-refractivity contribution is 6.30. The summed E-state index contributed by atoms with van der Waals surface area (Å²) >= 11 is 6.03. The molecule has 1 saturated heterocycles. The second-order valence-electron chi connectivity index (χ2n) is 6.60. The number of rotatable bonds is 5. The van der Waals surface area contributed by atoms with Crippen molar-refractivity contribution >= 4 is 29.1 Å². The highest BCUT2D eigenvalue weighted by atomic mass is 35.5. The van der Waals surface area contributed by atoms with E-state index >= 15 is 0 Å². The Balaban J connectivity index is 1.46. The number of aromatic nitrogens is 2. The van der Waals surface area contributed by atoms with E-state index in [0.717, 1.165) is 10.4 Å². The van der Waals surface area contributed by atoms with Crippen LogP contribution in [0.15, 0.2) is 41.2 Å². The van der Waals surface area contributed by atoms with E-state index in [9.17, 15) is 14.4 Å². The Bertz CT molecular complexity index is 922. The Kier molecular flexibility index (Phi) is 6.30. The number of benzene rings is 1. The van der Waals surface area contributed by atoms with Gasteiger partial charge in [0.2, 0.25) is 11.8 Å². The number of nitrogens with zero attached hydrogens (tertiary/aromatic N) is 4.